The molecule has 1 aliphatic heterocycles. The summed E-state index contributed by atoms with van der Waals surface area (Å²) >= 11 is 0. The van der Waals surface area contributed by atoms with E-state index < -0.39 is 0 Å². The number of hydrogen-bond acceptors (Lipinski definition) is 2. The Bertz CT molecular complexity index is 197. The Morgan fingerprint density at radius 2 is 1.87 bits per heavy atom. The van der Waals surface area contributed by atoms with Gasteiger partial charge in [0.25, 0.3) is 0 Å². The quantitative estimate of drug-likeness (QED) is 0.768. The second-order valence-electron chi connectivity index (χ2n) is 5.79. The molecule has 2 fully saturated rings. The van der Waals surface area contributed by atoms with E-state index in [1.807, 2.05) is 0 Å². The van der Waals surface area contributed by atoms with Crippen LogP contribution in [0.1, 0.15) is 46.5 Å². The molecule has 0 radical (unpaired) electrons. The highest BCUT2D eigenvalue weighted by Gasteiger charge is 2.45. The van der Waals surface area contributed by atoms with Crippen LogP contribution in [0.2, 0.25) is 0 Å². The van der Waals surface area contributed by atoms with E-state index in [1.165, 1.54) is 38.8 Å². The van der Waals surface area contributed by atoms with Crippen molar-refractivity contribution in [2.75, 3.05) is 19.6 Å². The zero-order valence-corrected chi connectivity index (χ0v) is 10.6. The SMILES string of the molecule is CCNC1CC2(CCN(C(C)C)CC2)C1. The van der Waals surface area contributed by atoms with E-state index in [0.717, 1.165) is 24.0 Å². The first kappa shape index (κ1) is 11.4. The van der Waals surface area contributed by atoms with E-state index in [0.29, 0.717) is 0 Å². The van der Waals surface area contributed by atoms with Crippen LogP contribution < -0.4 is 5.32 Å². The van der Waals surface area contributed by atoms with Gasteiger partial charge in [0, 0.05) is 12.1 Å². The minimum absolute atomic E-state index is 0.734. The van der Waals surface area contributed by atoms with Crippen LogP contribution in [-0.2, 0) is 0 Å². The zero-order chi connectivity index (χ0) is 10.9. The van der Waals surface area contributed by atoms with E-state index in [9.17, 15) is 0 Å². The van der Waals surface area contributed by atoms with Gasteiger partial charge in [0.2, 0.25) is 0 Å². The van der Waals surface area contributed by atoms with Gasteiger partial charge in [0.1, 0.15) is 0 Å². The van der Waals surface area contributed by atoms with Gasteiger partial charge < -0.3 is 10.2 Å². The molecule has 2 nitrogen and oxygen atoms in total. The van der Waals surface area contributed by atoms with Gasteiger partial charge in [0.15, 0.2) is 0 Å². The third kappa shape index (κ3) is 2.36. The molecule has 1 heterocycles. The van der Waals surface area contributed by atoms with Crippen LogP contribution in [0.3, 0.4) is 0 Å². The standard InChI is InChI=1S/C13H26N2/c1-4-14-12-9-13(10-12)5-7-15(8-6-13)11(2)3/h11-12,14H,4-10H2,1-3H3. The maximum Gasteiger partial charge on any atom is 0.00775 e. The van der Waals surface area contributed by atoms with Crippen LogP contribution in [-0.4, -0.2) is 36.6 Å². The van der Waals surface area contributed by atoms with E-state index in [2.05, 4.69) is 31.0 Å². The Kier molecular flexibility index (Phi) is 3.36. The van der Waals surface area contributed by atoms with Crippen molar-refractivity contribution in [2.24, 2.45) is 5.41 Å². The van der Waals surface area contributed by atoms with Gasteiger partial charge >= 0.3 is 0 Å². The van der Waals surface area contributed by atoms with Crippen molar-refractivity contribution in [2.45, 2.75) is 58.5 Å². The number of hydrogen-bond donors (Lipinski definition) is 1. The molecule has 0 unspecified atom stereocenters. The molecule has 2 rings (SSSR count). The summed E-state index contributed by atoms with van der Waals surface area (Å²) in [5.41, 5.74) is 0.734. The van der Waals surface area contributed by atoms with E-state index in [1.54, 1.807) is 0 Å². The number of nitrogens with zero attached hydrogens (tertiary/aromatic N) is 1. The summed E-state index contributed by atoms with van der Waals surface area (Å²) in [6.45, 7) is 10.7. The molecule has 2 aliphatic rings. The first-order valence-electron chi connectivity index (χ1n) is 6.63. The molecular formula is C13H26N2. The fraction of sp³-hybridized carbons (Fsp3) is 1.00. The predicted octanol–water partition coefficient (Wildman–Crippen LogP) is 2.25. The lowest BCUT2D eigenvalue weighted by atomic mass is 9.60. The third-order valence-electron chi connectivity index (χ3n) is 4.44. The van der Waals surface area contributed by atoms with Crippen LogP contribution >= 0.6 is 0 Å². The van der Waals surface area contributed by atoms with Crippen molar-refractivity contribution in [1.82, 2.24) is 10.2 Å². The average Bonchev–Trinajstić information content (AvgIpc) is 2.16. The summed E-state index contributed by atoms with van der Waals surface area (Å²) < 4.78 is 0. The van der Waals surface area contributed by atoms with Gasteiger partial charge in [-0.1, -0.05) is 6.92 Å². The van der Waals surface area contributed by atoms with Crippen molar-refractivity contribution in [1.29, 1.82) is 0 Å². The third-order valence-corrected chi connectivity index (χ3v) is 4.44. The molecule has 1 saturated heterocycles. The Morgan fingerprint density at radius 1 is 1.27 bits per heavy atom. The second-order valence-corrected chi connectivity index (χ2v) is 5.79. The van der Waals surface area contributed by atoms with Gasteiger partial charge in [-0.2, -0.15) is 0 Å². The summed E-state index contributed by atoms with van der Waals surface area (Å²) in [6, 6.07) is 1.58. The highest BCUT2D eigenvalue weighted by Crippen LogP contribution is 2.49. The molecule has 15 heavy (non-hydrogen) atoms. The zero-order valence-electron chi connectivity index (χ0n) is 10.6. The van der Waals surface area contributed by atoms with Gasteiger partial charge in [-0.05, 0) is 64.6 Å². The Balaban J connectivity index is 1.75. The topological polar surface area (TPSA) is 15.3 Å². The lowest BCUT2D eigenvalue weighted by Crippen LogP contribution is -2.54. The molecule has 88 valence electrons. The van der Waals surface area contributed by atoms with Crippen molar-refractivity contribution in [3.05, 3.63) is 0 Å². The summed E-state index contributed by atoms with van der Waals surface area (Å²) in [4.78, 5) is 2.63. The molecule has 1 N–H and O–H groups in total. The Labute approximate surface area is 94.4 Å². The van der Waals surface area contributed by atoms with E-state index >= 15 is 0 Å². The summed E-state index contributed by atoms with van der Waals surface area (Å²) in [5.74, 6) is 0. The Morgan fingerprint density at radius 3 is 2.33 bits per heavy atom. The smallest absolute Gasteiger partial charge is 0.00775 e. The molecule has 0 amide bonds. The number of nitrogens with one attached hydrogen (secondary N) is 1. The number of likely N-dealkylation sites (tertiary alicyclic amines) is 1. The first-order chi connectivity index (χ1) is 7.15. The average molecular weight is 210 g/mol. The molecule has 1 aliphatic carbocycles. The minimum Gasteiger partial charge on any atom is -0.314 e. The first-order valence-corrected chi connectivity index (χ1v) is 6.63. The van der Waals surface area contributed by atoms with Gasteiger partial charge in [-0.3, -0.25) is 0 Å². The normalized spacial score (nSPS) is 27.2. The molecule has 0 aromatic heterocycles. The lowest BCUT2D eigenvalue weighted by Gasteiger charge is -2.53. The van der Waals surface area contributed by atoms with Gasteiger partial charge in [-0.25, -0.2) is 0 Å². The fourth-order valence-corrected chi connectivity index (χ4v) is 3.34. The summed E-state index contributed by atoms with van der Waals surface area (Å²) in [6.07, 6.45) is 5.75. The van der Waals surface area contributed by atoms with Crippen molar-refractivity contribution in [3.63, 3.8) is 0 Å². The highest BCUT2D eigenvalue weighted by atomic mass is 15.2. The molecule has 0 aromatic carbocycles. The molecule has 2 heteroatoms. The van der Waals surface area contributed by atoms with Crippen LogP contribution in [0.25, 0.3) is 0 Å². The van der Waals surface area contributed by atoms with Crippen LogP contribution in [0.15, 0.2) is 0 Å². The molecule has 0 bridgehead atoms. The lowest BCUT2D eigenvalue weighted by molar-refractivity contribution is -0.00196. The highest BCUT2D eigenvalue weighted by molar-refractivity contribution is 5.00. The van der Waals surface area contributed by atoms with Crippen LogP contribution in [0.4, 0.5) is 0 Å². The minimum atomic E-state index is 0.734. The summed E-state index contributed by atoms with van der Waals surface area (Å²) in [5, 5.41) is 3.57. The van der Waals surface area contributed by atoms with Crippen LogP contribution in [0, 0.1) is 5.41 Å². The molecule has 1 spiro atoms. The maximum absolute atomic E-state index is 3.57. The van der Waals surface area contributed by atoms with Crippen LogP contribution in [0.5, 0.6) is 0 Å². The van der Waals surface area contributed by atoms with Crippen molar-refractivity contribution in [3.8, 4) is 0 Å². The van der Waals surface area contributed by atoms with E-state index in [4.69, 9.17) is 0 Å². The maximum atomic E-state index is 3.57. The Hall–Kier alpha value is -0.0800. The van der Waals surface area contributed by atoms with Crippen molar-refractivity contribution >= 4 is 0 Å². The molecule has 0 atom stereocenters. The number of piperidine rings is 1. The predicted molar refractivity (Wildman–Crippen MR) is 65.1 cm³/mol. The second kappa shape index (κ2) is 4.42. The molecular weight excluding hydrogens is 184 g/mol. The number of rotatable bonds is 3. The summed E-state index contributed by atoms with van der Waals surface area (Å²) in [7, 11) is 0. The van der Waals surface area contributed by atoms with Gasteiger partial charge in [-0.15, -0.1) is 0 Å². The van der Waals surface area contributed by atoms with E-state index in [-0.39, 0.29) is 0 Å². The monoisotopic (exact) mass is 210 g/mol. The van der Waals surface area contributed by atoms with Gasteiger partial charge in [0.05, 0.1) is 0 Å². The fourth-order valence-electron chi connectivity index (χ4n) is 3.34. The largest absolute Gasteiger partial charge is 0.314 e. The van der Waals surface area contributed by atoms with Crippen molar-refractivity contribution < 1.29 is 0 Å². The molecule has 0 aromatic rings. The molecule has 1 saturated carbocycles.